The molecule has 1 saturated carbocycles. The van der Waals surface area contributed by atoms with Crippen LogP contribution in [0, 0.1) is 17.6 Å². The standard InChI is InChI=1S/C29H27ClF2N6O2/c1-39-26-20(13-12-19(28-34-36-37-35-28)27(26)40-16-18-10-6-3-7-11-18)29-33-25-22(14-21(31)24(32)23(25)30)38(29)15-17-8-4-2-5-9-17/h3,6-7,10-14,17H,2,4-5,8-9,15-16H2,1H3,(H,34,35,36,37). The number of fused-ring (bicyclic) bond motifs is 1. The fraction of sp³-hybridized carbons (Fsp3) is 0.310. The van der Waals surface area contributed by atoms with Gasteiger partial charge in [-0.15, -0.1) is 5.10 Å². The lowest BCUT2D eigenvalue weighted by Crippen LogP contribution is -2.15. The zero-order valence-electron chi connectivity index (χ0n) is 21.8. The monoisotopic (exact) mass is 564 g/mol. The topological polar surface area (TPSA) is 90.7 Å². The van der Waals surface area contributed by atoms with Crippen LogP contribution in [0.2, 0.25) is 5.02 Å². The van der Waals surface area contributed by atoms with Crippen LogP contribution < -0.4 is 9.47 Å². The van der Waals surface area contributed by atoms with Gasteiger partial charge in [0, 0.05) is 12.6 Å². The predicted octanol–water partition coefficient (Wildman–Crippen LogP) is 6.98. The first-order chi connectivity index (χ1) is 19.5. The number of H-pyrrole nitrogens is 1. The summed E-state index contributed by atoms with van der Waals surface area (Å²) in [6.45, 7) is 0.848. The van der Waals surface area contributed by atoms with E-state index in [1.54, 1.807) is 0 Å². The highest BCUT2D eigenvalue weighted by molar-refractivity contribution is 6.35. The largest absolute Gasteiger partial charge is 0.492 e. The number of aromatic nitrogens is 6. The number of aromatic amines is 1. The number of methoxy groups -OCH3 is 1. The Morgan fingerprint density at radius 2 is 1.80 bits per heavy atom. The summed E-state index contributed by atoms with van der Waals surface area (Å²) in [6.07, 6.45) is 5.58. The van der Waals surface area contributed by atoms with Crippen LogP contribution in [0.25, 0.3) is 33.8 Å². The van der Waals surface area contributed by atoms with Crippen molar-refractivity contribution in [3.63, 3.8) is 0 Å². The highest BCUT2D eigenvalue weighted by Gasteiger charge is 2.27. The number of hydrogen-bond donors (Lipinski definition) is 1. The molecule has 0 spiro atoms. The van der Waals surface area contributed by atoms with E-state index in [-0.39, 0.29) is 17.1 Å². The summed E-state index contributed by atoms with van der Waals surface area (Å²) >= 11 is 6.29. The van der Waals surface area contributed by atoms with E-state index in [4.69, 9.17) is 26.1 Å². The molecule has 0 saturated heterocycles. The maximum absolute atomic E-state index is 14.6. The number of hydrogen-bond acceptors (Lipinski definition) is 6. The molecule has 11 heteroatoms. The van der Waals surface area contributed by atoms with E-state index in [2.05, 4.69) is 20.6 Å². The van der Waals surface area contributed by atoms with Crippen molar-refractivity contribution in [2.24, 2.45) is 5.92 Å². The number of benzene rings is 3. The van der Waals surface area contributed by atoms with Gasteiger partial charge >= 0.3 is 0 Å². The second-order valence-corrected chi connectivity index (χ2v) is 10.3. The number of nitrogens with zero attached hydrogens (tertiary/aromatic N) is 5. The van der Waals surface area contributed by atoms with Crippen molar-refractivity contribution >= 4 is 22.6 Å². The summed E-state index contributed by atoms with van der Waals surface area (Å²) < 4.78 is 43.3. The van der Waals surface area contributed by atoms with Crippen LogP contribution in [0.4, 0.5) is 8.78 Å². The number of rotatable bonds is 8. The zero-order chi connectivity index (χ0) is 27.6. The number of nitrogens with one attached hydrogen (secondary N) is 1. The Balaban J connectivity index is 1.54. The van der Waals surface area contributed by atoms with E-state index >= 15 is 0 Å². The fourth-order valence-corrected chi connectivity index (χ4v) is 5.69. The Kier molecular flexibility index (Phi) is 7.34. The SMILES string of the molecule is COc1c(-c2nc3c(Cl)c(F)c(F)cc3n2CC2CCCCC2)ccc(-c2nnn[nH]2)c1OCc1ccccc1. The highest BCUT2D eigenvalue weighted by Crippen LogP contribution is 2.45. The number of tetrazole rings is 1. The average molecular weight is 565 g/mol. The Morgan fingerprint density at radius 1 is 1.02 bits per heavy atom. The molecule has 0 atom stereocenters. The molecule has 3 aromatic carbocycles. The van der Waals surface area contributed by atoms with E-state index in [1.165, 1.54) is 19.6 Å². The smallest absolute Gasteiger partial charge is 0.183 e. The van der Waals surface area contributed by atoms with Crippen molar-refractivity contribution in [3.05, 3.63) is 70.8 Å². The molecule has 2 heterocycles. The van der Waals surface area contributed by atoms with E-state index in [0.29, 0.717) is 52.3 Å². The first kappa shape index (κ1) is 26.2. The van der Waals surface area contributed by atoms with E-state index in [9.17, 15) is 8.78 Å². The second-order valence-electron chi connectivity index (χ2n) is 9.95. The van der Waals surface area contributed by atoms with Gasteiger partial charge in [0.2, 0.25) is 0 Å². The van der Waals surface area contributed by atoms with Gasteiger partial charge in [-0.1, -0.05) is 61.2 Å². The van der Waals surface area contributed by atoms with Crippen LogP contribution in [-0.2, 0) is 13.2 Å². The minimum Gasteiger partial charge on any atom is -0.492 e. The van der Waals surface area contributed by atoms with Gasteiger partial charge in [0.1, 0.15) is 23.0 Å². The average Bonchev–Trinajstić information content (AvgIpc) is 3.64. The minimum atomic E-state index is -1.12. The third-order valence-electron chi connectivity index (χ3n) is 7.43. The molecular weight excluding hydrogens is 538 g/mol. The lowest BCUT2D eigenvalue weighted by molar-refractivity contribution is 0.286. The Morgan fingerprint density at radius 3 is 2.52 bits per heavy atom. The van der Waals surface area contributed by atoms with Gasteiger partial charge in [-0.2, -0.15) is 0 Å². The van der Waals surface area contributed by atoms with Crippen LogP contribution >= 0.6 is 11.6 Å². The van der Waals surface area contributed by atoms with Gasteiger partial charge in [0.25, 0.3) is 0 Å². The van der Waals surface area contributed by atoms with Crippen molar-refractivity contribution in [2.45, 2.75) is 45.3 Å². The Labute approximate surface area is 234 Å². The first-order valence-corrected chi connectivity index (χ1v) is 13.6. The third-order valence-corrected chi connectivity index (χ3v) is 7.77. The first-order valence-electron chi connectivity index (χ1n) is 13.2. The van der Waals surface area contributed by atoms with Crippen LogP contribution in [0.1, 0.15) is 37.7 Å². The second kappa shape index (κ2) is 11.2. The van der Waals surface area contributed by atoms with E-state index in [1.807, 2.05) is 47.0 Å². The van der Waals surface area contributed by atoms with Crippen molar-refractivity contribution < 1.29 is 18.3 Å². The van der Waals surface area contributed by atoms with Crippen LogP contribution in [-0.4, -0.2) is 37.3 Å². The molecule has 40 heavy (non-hydrogen) atoms. The van der Waals surface area contributed by atoms with Gasteiger partial charge < -0.3 is 14.0 Å². The summed E-state index contributed by atoms with van der Waals surface area (Å²) in [7, 11) is 1.54. The molecule has 8 nitrogen and oxygen atoms in total. The fourth-order valence-electron chi connectivity index (χ4n) is 5.46. The summed E-state index contributed by atoms with van der Waals surface area (Å²) in [5, 5.41) is 13.9. The molecule has 0 amide bonds. The van der Waals surface area contributed by atoms with Gasteiger partial charge in [-0.25, -0.2) is 18.9 Å². The van der Waals surface area contributed by atoms with Crippen LogP contribution in [0.3, 0.4) is 0 Å². The van der Waals surface area contributed by atoms with Crippen molar-refractivity contribution in [1.29, 1.82) is 0 Å². The predicted molar refractivity (Wildman–Crippen MR) is 147 cm³/mol. The van der Waals surface area contributed by atoms with Gasteiger partial charge in [-0.05, 0) is 46.9 Å². The van der Waals surface area contributed by atoms with Crippen molar-refractivity contribution in [2.75, 3.05) is 7.11 Å². The van der Waals surface area contributed by atoms with Crippen molar-refractivity contribution in [3.8, 4) is 34.3 Å². The highest BCUT2D eigenvalue weighted by atomic mass is 35.5. The van der Waals surface area contributed by atoms with Gasteiger partial charge in [-0.3, -0.25) is 0 Å². The summed E-state index contributed by atoms with van der Waals surface area (Å²) in [4.78, 5) is 4.75. The normalized spacial score (nSPS) is 14.1. The summed E-state index contributed by atoms with van der Waals surface area (Å²) in [5.74, 6) is -0.0804. The minimum absolute atomic E-state index is 0.198. The number of halogens is 3. The molecule has 1 aliphatic rings. The third kappa shape index (κ3) is 4.88. The zero-order valence-corrected chi connectivity index (χ0v) is 22.6. The van der Waals surface area contributed by atoms with Gasteiger partial charge in [0.05, 0.1) is 23.8 Å². The summed E-state index contributed by atoms with van der Waals surface area (Å²) in [6, 6.07) is 14.5. The van der Waals surface area contributed by atoms with Gasteiger partial charge in [0.15, 0.2) is 29.0 Å². The number of ether oxygens (including phenoxy) is 2. The summed E-state index contributed by atoms with van der Waals surface area (Å²) in [5.41, 5.74) is 2.77. The molecule has 0 bridgehead atoms. The van der Waals surface area contributed by atoms with Crippen LogP contribution in [0.5, 0.6) is 11.5 Å². The Hall–Kier alpha value is -4.05. The molecule has 1 fully saturated rings. The van der Waals surface area contributed by atoms with E-state index in [0.717, 1.165) is 31.2 Å². The number of imidazole rings is 1. The molecule has 1 aliphatic carbocycles. The Bertz CT molecular complexity index is 1640. The lowest BCUT2D eigenvalue weighted by atomic mass is 9.89. The van der Waals surface area contributed by atoms with E-state index < -0.39 is 11.6 Å². The molecule has 206 valence electrons. The quantitative estimate of drug-likeness (QED) is 0.204. The van der Waals surface area contributed by atoms with Crippen LogP contribution in [0.15, 0.2) is 48.5 Å². The van der Waals surface area contributed by atoms with Crippen molar-refractivity contribution in [1.82, 2.24) is 30.2 Å². The maximum Gasteiger partial charge on any atom is 0.183 e. The lowest BCUT2D eigenvalue weighted by Gasteiger charge is -2.24. The molecule has 0 aliphatic heterocycles. The molecule has 1 N–H and O–H groups in total. The molecule has 0 radical (unpaired) electrons. The molecule has 5 aromatic rings. The molecule has 0 unspecified atom stereocenters. The molecule has 2 aromatic heterocycles. The molecular formula is C29H27ClF2N6O2. The maximum atomic E-state index is 14.6. The molecule has 6 rings (SSSR count).